The maximum atomic E-state index is 9.09. The van der Waals surface area contributed by atoms with Crippen molar-refractivity contribution in [3.8, 4) is 0 Å². The van der Waals surface area contributed by atoms with Gasteiger partial charge in [0.2, 0.25) is 0 Å². The molecule has 0 aliphatic heterocycles. The van der Waals surface area contributed by atoms with E-state index in [4.69, 9.17) is 10.5 Å². The van der Waals surface area contributed by atoms with Gasteiger partial charge in [-0.3, -0.25) is 4.79 Å². The third-order valence-corrected chi connectivity index (χ3v) is 0.461. The number of rotatable bonds is 2. The fourth-order valence-corrected chi connectivity index (χ4v) is 0.209. The van der Waals surface area contributed by atoms with Crippen LogP contribution in [0.25, 0.3) is 0 Å². The number of nitrogens with two attached hydrogens (primary N) is 2. The van der Waals surface area contributed by atoms with Gasteiger partial charge in [0.25, 0.3) is 10.4 Å². The van der Waals surface area contributed by atoms with E-state index in [0.29, 0.717) is 6.61 Å². The molecular formula is C5H10FeN2O2S2. The Balaban J connectivity index is -0.000000142. The Bertz CT molecular complexity index is 150. The minimum Gasteiger partial charge on any atom is -0.467 e. The predicted molar refractivity (Wildman–Crippen MR) is 51.5 cm³/mol. The molecule has 4 nitrogen and oxygen atoms in total. The van der Waals surface area contributed by atoms with E-state index in [2.05, 4.69) is 41.9 Å². The van der Waals surface area contributed by atoms with Crippen LogP contribution >= 0.6 is 24.8 Å². The molecule has 12 heavy (non-hydrogen) atoms. The summed E-state index contributed by atoms with van der Waals surface area (Å²) in [6, 6.07) is 0. The summed E-state index contributed by atoms with van der Waals surface area (Å²) in [6.45, 7) is 3.79. The average molecular weight is 250 g/mol. The maximum absolute atomic E-state index is 9.09. The van der Waals surface area contributed by atoms with Crippen molar-refractivity contribution in [3.05, 3.63) is 12.7 Å². The normalized spacial score (nSPS) is 6.42. The van der Waals surface area contributed by atoms with Gasteiger partial charge in [0, 0.05) is 17.1 Å². The molecule has 1 amide bonds. The molecule has 0 spiro atoms. The Morgan fingerprint density at radius 1 is 1.67 bits per heavy atom. The van der Waals surface area contributed by atoms with Gasteiger partial charge in [-0.1, -0.05) is 25.3 Å². The monoisotopic (exact) mass is 250 g/mol. The number of thiol groups is 1. The number of hydrogen-bond donors (Lipinski definition) is 3. The Morgan fingerprint density at radius 2 is 2.00 bits per heavy atom. The molecule has 0 aliphatic carbocycles. The van der Waals surface area contributed by atoms with Crippen molar-refractivity contribution in [2.75, 3.05) is 6.61 Å². The third-order valence-electron chi connectivity index (χ3n) is 0.343. The first-order valence-corrected chi connectivity index (χ1v) is 3.37. The number of primary amides is 1. The third kappa shape index (κ3) is 52.9. The van der Waals surface area contributed by atoms with E-state index in [1.165, 1.54) is 0 Å². The summed E-state index contributed by atoms with van der Waals surface area (Å²) >= 11 is 7.47. The van der Waals surface area contributed by atoms with Crippen molar-refractivity contribution >= 4 is 35.3 Å². The molecule has 4 N–H and O–H groups in total. The molecule has 0 unspecified atom stereocenters. The number of thiocarbonyl (C=S) groups is 1. The van der Waals surface area contributed by atoms with E-state index in [1.54, 1.807) is 6.08 Å². The summed E-state index contributed by atoms with van der Waals surface area (Å²) in [5.41, 5.74) is 9.28. The molecule has 72 valence electrons. The number of carbonyl (C=O) groups is 1. The van der Waals surface area contributed by atoms with Gasteiger partial charge in [-0.2, -0.15) is 0 Å². The van der Waals surface area contributed by atoms with E-state index < -0.39 is 5.24 Å². The molecule has 7 heteroatoms. The van der Waals surface area contributed by atoms with Crippen LogP contribution in [0.2, 0.25) is 0 Å². The van der Waals surface area contributed by atoms with Gasteiger partial charge in [0.1, 0.15) is 6.61 Å². The fraction of sp³-hybridized carbons (Fsp3) is 0.200. The molecule has 0 aliphatic rings. The molecule has 0 rings (SSSR count). The number of amides is 1. The molecule has 0 aromatic rings. The smallest absolute Gasteiger partial charge is 0.273 e. The first-order chi connectivity index (χ1) is 5.00. The van der Waals surface area contributed by atoms with Crippen LogP contribution < -0.4 is 11.5 Å². The minimum absolute atomic E-state index is 0. The largest absolute Gasteiger partial charge is 0.467 e. The van der Waals surface area contributed by atoms with Crippen LogP contribution in [-0.4, -0.2) is 17.0 Å². The summed E-state index contributed by atoms with van der Waals surface area (Å²) in [5, 5.41) is -0.570. The van der Waals surface area contributed by atoms with E-state index in [1.807, 2.05) is 0 Å². The summed E-state index contributed by atoms with van der Waals surface area (Å²) in [4.78, 5) is 9.09. The van der Waals surface area contributed by atoms with E-state index in [9.17, 15) is 0 Å². The van der Waals surface area contributed by atoms with Crippen molar-refractivity contribution in [3.63, 3.8) is 0 Å². The van der Waals surface area contributed by atoms with Crippen molar-refractivity contribution in [1.82, 2.24) is 0 Å². The Kier molecular flexibility index (Phi) is 19.8. The second-order valence-corrected chi connectivity index (χ2v) is 2.10. The van der Waals surface area contributed by atoms with Gasteiger partial charge < -0.3 is 16.2 Å². The average Bonchev–Trinajstić information content (AvgIpc) is 1.82. The second-order valence-electron chi connectivity index (χ2n) is 1.26. The quantitative estimate of drug-likeness (QED) is 0.287. The SMILES string of the molecule is C=CCOC(N)=S.NC(=O)S.[Fe]. The molecular weight excluding hydrogens is 240 g/mol. The molecule has 0 atom stereocenters. The topological polar surface area (TPSA) is 78.3 Å². The zero-order chi connectivity index (χ0) is 9.28. The maximum Gasteiger partial charge on any atom is 0.273 e. The van der Waals surface area contributed by atoms with E-state index in [-0.39, 0.29) is 22.2 Å². The Hall–Kier alpha value is -0.231. The van der Waals surface area contributed by atoms with Gasteiger partial charge >= 0.3 is 0 Å². The molecule has 0 saturated heterocycles. The van der Waals surface area contributed by atoms with E-state index >= 15 is 0 Å². The standard InChI is InChI=1S/C4H7NOS.CH3NOS.Fe/c1-2-3-6-4(5)7;2-1(3)4;/h2H,1,3H2,(H2,5,7);(H3,2,3,4);. The summed E-state index contributed by atoms with van der Waals surface area (Å²) < 4.78 is 4.58. The van der Waals surface area contributed by atoms with Crippen molar-refractivity contribution in [2.24, 2.45) is 11.5 Å². The second kappa shape index (κ2) is 13.4. The first-order valence-electron chi connectivity index (χ1n) is 2.52. The van der Waals surface area contributed by atoms with Crippen molar-refractivity contribution < 1.29 is 26.6 Å². The van der Waals surface area contributed by atoms with Gasteiger partial charge in [-0.25, -0.2) is 0 Å². The van der Waals surface area contributed by atoms with Crippen LogP contribution in [0.1, 0.15) is 0 Å². The van der Waals surface area contributed by atoms with Crippen molar-refractivity contribution in [1.29, 1.82) is 0 Å². The van der Waals surface area contributed by atoms with Crippen LogP contribution in [0.5, 0.6) is 0 Å². The molecule has 0 saturated carbocycles. The van der Waals surface area contributed by atoms with Crippen LogP contribution in [0, 0.1) is 0 Å². The first kappa shape index (κ1) is 17.8. The van der Waals surface area contributed by atoms with Crippen LogP contribution in [-0.2, 0) is 21.8 Å². The summed E-state index contributed by atoms with van der Waals surface area (Å²) in [6.07, 6.45) is 1.58. The van der Waals surface area contributed by atoms with Gasteiger partial charge in [-0.05, 0) is 12.2 Å². The summed E-state index contributed by atoms with van der Waals surface area (Å²) in [7, 11) is 0. The molecule has 0 fully saturated rings. The molecule has 0 aromatic heterocycles. The van der Waals surface area contributed by atoms with Crippen LogP contribution in [0.3, 0.4) is 0 Å². The van der Waals surface area contributed by atoms with Crippen LogP contribution in [0.15, 0.2) is 12.7 Å². The van der Waals surface area contributed by atoms with Gasteiger partial charge in [0.15, 0.2) is 0 Å². The zero-order valence-corrected chi connectivity index (χ0v) is 8.99. The number of ether oxygens (including phenoxy) is 1. The van der Waals surface area contributed by atoms with Crippen LogP contribution in [0.4, 0.5) is 4.79 Å². The molecule has 0 bridgehead atoms. The minimum atomic E-state index is -0.639. The number of carbonyl (C=O) groups excluding carboxylic acids is 1. The van der Waals surface area contributed by atoms with Gasteiger partial charge in [0.05, 0.1) is 0 Å². The Morgan fingerprint density at radius 3 is 2.08 bits per heavy atom. The molecule has 0 radical (unpaired) electrons. The van der Waals surface area contributed by atoms with E-state index in [0.717, 1.165) is 0 Å². The van der Waals surface area contributed by atoms with Crippen molar-refractivity contribution in [2.45, 2.75) is 0 Å². The summed E-state index contributed by atoms with van der Waals surface area (Å²) in [5.74, 6) is 0. The predicted octanol–water partition coefficient (Wildman–Crippen LogP) is 0.425. The Labute approximate surface area is 92.6 Å². The zero-order valence-electron chi connectivity index (χ0n) is 6.17. The fourth-order valence-electron chi connectivity index (χ4n) is 0.141. The number of hydrogen-bond acceptors (Lipinski definition) is 3. The molecule has 0 heterocycles. The molecule has 0 aromatic carbocycles. The van der Waals surface area contributed by atoms with Gasteiger partial charge in [-0.15, -0.1) is 0 Å².